The third kappa shape index (κ3) is 3.49. The molecule has 15 heavy (non-hydrogen) atoms. The number of rotatable bonds is 4. The Balaban J connectivity index is 2.68. The van der Waals surface area contributed by atoms with Crippen molar-refractivity contribution in [3.8, 4) is 0 Å². The SMILES string of the molecule is CCC(N)C(O)Cc1ccc(Cl)c(C)c1. The molecule has 2 nitrogen and oxygen atoms in total. The molecule has 2 atom stereocenters. The summed E-state index contributed by atoms with van der Waals surface area (Å²) in [4.78, 5) is 0. The molecule has 0 spiro atoms. The van der Waals surface area contributed by atoms with E-state index in [1.54, 1.807) is 0 Å². The molecular weight excluding hydrogens is 210 g/mol. The fourth-order valence-corrected chi connectivity index (χ4v) is 1.62. The van der Waals surface area contributed by atoms with Gasteiger partial charge in [0.15, 0.2) is 0 Å². The molecule has 0 bridgehead atoms. The van der Waals surface area contributed by atoms with Crippen LogP contribution in [0.15, 0.2) is 18.2 Å². The molecule has 0 saturated carbocycles. The molecule has 0 heterocycles. The Bertz CT molecular complexity index is 327. The number of nitrogens with two attached hydrogens (primary N) is 1. The number of halogens is 1. The summed E-state index contributed by atoms with van der Waals surface area (Å²) in [6, 6.07) is 5.63. The number of benzene rings is 1. The molecule has 0 aliphatic carbocycles. The molecule has 3 heteroatoms. The van der Waals surface area contributed by atoms with Crippen LogP contribution in [0, 0.1) is 6.92 Å². The highest BCUT2D eigenvalue weighted by atomic mass is 35.5. The number of hydrogen-bond acceptors (Lipinski definition) is 2. The van der Waals surface area contributed by atoms with Crippen LogP contribution in [0.25, 0.3) is 0 Å². The Labute approximate surface area is 96.1 Å². The maximum Gasteiger partial charge on any atom is 0.0731 e. The molecule has 0 saturated heterocycles. The highest BCUT2D eigenvalue weighted by Crippen LogP contribution is 2.17. The Hall–Kier alpha value is -0.570. The van der Waals surface area contributed by atoms with Crippen molar-refractivity contribution < 1.29 is 5.11 Å². The minimum atomic E-state index is -0.476. The second-order valence-electron chi connectivity index (χ2n) is 3.93. The van der Waals surface area contributed by atoms with Crippen LogP contribution in [0.5, 0.6) is 0 Å². The van der Waals surface area contributed by atoms with E-state index < -0.39 is 6.10 Å². The third-order valence-corrected chi connectivity index (χ3v) is 3.06. The van der Waals surface area contributed by atoms with E-state index >= 15 is 0 Å². The van der Waals surface area contributed by atoms with E-state index in [4.69, 9.17) is 17.3 Å². The van der Waals surface area contributed by atoms with Crippen LogP contribution in [-0.4, -0.2) is 17.3 Å². The first-order valence-corrected chi connectivity index (χ1v) is 5.61. The molecular formula is C12H18ClNO. The monoisotopic (exact) mass is 227 g/mol. The van der Waals surface area contributed by atoms with Crippen LogP contribution in [0.1, 0.15) is 24.5 Å². The standard InChI is InChI=1S/C12H18ClNO/c1-3-11(14)12(15)7-9-4-5-10(13)8(2)6-9/h4-6,11-12,15H,3,7,14H2,1-2H3. The zero-order valence-corrected chi connectivity index (χ0v) is 9.96. The van der Waals surface area contributed by atoms with Crippen molar-refractivity contribution in [2.24, 2.45) is 5.73 Å². The lowest BCUT2D eigenvalue weighted by molar-refractivity contribution is 0.142. The van der Waals surface area contributed by atoms with Gasteiger partial charge in [-0.15, -0.1) is 0 Å². The summed E-state index contributed by atoms with van der Waals surface area (Å²) >= 11 is 5.92. The maximum atomic E-state index is 9.77. The zero-order chi connectivity index (χ0) is 11.4. The predicted octanol–water partition coefficient (Wildman–Crippen LogP) is 2.29. The number of aliphatic hydroxyl groups is 1. The van der Waals surface area contributed by atoms with Crippen molar-refractivity contribution in [2.75, 3.05) is 0 Å². The van der Waals surface area contributed by atoms with Crippen LogP contribution in [-0.2, 0) is 6.42 Å². The highest BCUT2D eigenvalue weighted by molar-refractivity contribution is 6.31. The third-order valence-electron chi connectivity index (χ3n) is 2.63. The van der Waals surface area contributed by atoms with Crippen LogP contribution < -0.4 is 5.73 Å². The van der Waals surface area contributed by atoms with E-state index in [1.807, 2.05) is 32.0 Å². The summed E-state index contributed by atoms with van der Waals surface area (Å²) in [5, 5.41) is 10.5. The fourth-order valence-electron chi connectivity index (χ4n) is 1.50. The maximum absolute atomic E-state index is 9.77. The summed E-state index contributed by atoms with van der Waals surface area (Å²) in [5.74, 6) is 0. The van der Waals surface area contributed by atoms with Gasteiger partial charge in [-0.25, -0.2) is 0 Å². The molecule has 0 aliphatic heterocycles. The van der Waals surface area contributed by atoms with Crippen molar-refractivity contribution in [1.82, 2.24) is 0 Å². The number of aryl methyl sites for hydroxylation is 1. The lowest BCUT2D eigenvalue weighted by Gasteiger charge is -2.17. The summed E-state index contributed by atoms with van der Waals surface area (Å²) in [5.41, 5.74) is 7.87. The molecule has 0 aromatic heterocycles. The molecule has 1 rings (SSSR count). The number of aliphatic hydroxyl groups excluding tert-OH is 1. The summed E-state index contributed by atoms with van der Waals surface area (Å²) in [6.07, 6.45) is 0.899. The van der Waals surface area contributed by atoms with Crippen LogP contribution in [0.2, 0.25) is 5.02 Å². The Morgan fingerprint density at radius 2 is 2.13 bits per heavy atom. The zero-order valence-electron chi connectivity index (χ0n) is 9.20. The fraction of sp³-hybridized carbons (Fsp3) is 0.500. The quantitative estimate of drug-likeness (QED) is 0.829. The molecule has 84 valence electrons. The van der Waals surface area contributed by atoms with Gasteiger partial charge in [0.2, 0.25) is 0 Å². The van der Waals surface area contributed by atoms with E-state index in [1.165, 1.54) is 0 Å². The van der Waals surface area contributed by atoms with E-state index in [0.717, 1.165) is 22.6 Å². The van der Waals surface area contributed by atoms with Gasteiger partial charge < -0.3 is 10.8 Å². The Morgan fingerprint density at radius 3 is 2.67 bits per heavy atom. The predicted molar refractivity (Wildman–Crippen MR) is 64.2 cm³/mol. The van der Waals surface area contributed by atoms with Gasteiger partial charge in [0, 0.05) is 11.1 Å². The second kappa shape index (κ2) is 5.50. The minimum Gasteiger partial charge on any atom is -0.391 e. The largest absolute Gasteiger partial charge is 0.391 e. The van der Waals surface area contributed by atoms with Crippen molar-refractivity contribution in [1.29, 1.82) is 0 Å². The van der Waals surface area contributed by atoms with Crippen molar-refractivity contribution in [3.05, 3.63) is 34.3 Å². The van der Waals surface area contributed by atoms with Crippen molar-refractivity contribution in [2.45, 2.75) is 38.8 Å². The molecule has 1 aromatic carbocycles. The highest BCUT2D eigenvalue weighted by Gasteiger charge is 2.13. The molecule has 1 aromatic rings. The second-order valence-corrected chi connectivity index (χ2v) is 4.33. The average Bonchev–Trinajstić information content (AvgIpc) is 2.22. The first-order chi connectivity index (χ1) is 7.04. The van der Waals surface area contributed by atoms with E-state index in [0.29, 0.717) is 6.42 Å². The van der Waals surface area contributed by atoms with Gasteiger partial charge in [-0.2, -0.15) is 0 Å². The van der Waals surface area contributed by atoms with Gasteiger partial charge in [0.05, 0.1) is 6.10 Å². The van der Waals surface area contributed by atoms with E-state index in [2.05, 4.69) is 0 Å². The van der Waals surface area contributed by atoms with E-state index in [9.17, 15) is 5.11 Å². The normalized spacial score (nSPS) is 15.0. The molecule has 2 unspecified atom stereocenters. The number of hydrogen-bond donors (Lipinski definition) is 2. The van der Waals surface area contributed by atoms with Gasteiger partial charge in [0.25, 0.3) is 0 Å². The van der Waals surface area contributed by atoms with Gasteiger partial charge in [-0.1, -0.05) is 30.7 Å². The minimum absolute atomic E-state index is 0.152. The van der Waals surface area contributed by atoms with Gasteiger partial charge in [0.1, 0.15) is 0 Å². The van der Waals surface area contributed by atoms with Crippen molar-refractivity contribution in [3.63, 3.8) is 0 Å². The van der Waals surface area contributed by atoms with Gasteiger partial charge in [-0.3, -0.25) is 0 Å². The van der Waals surface area contributed by atoms with Crippen LogP contribution in [0.4, 0.5) is 0 Å². The average molecular weight is 228 g/mol. The molecule has 0 fully saturated rings. The lowest BCUT2D eigenvalue weighted by Crippen LogP contribution is -2.35. The molecule has 0 radical (unpaired) electrons. The first kappa shape index (κ1) is 12.5. The summed E-state index contributed by atoms with van der Waals surface area (Å²) in [7, 11) is 0. The Kier molecular flexibility index (Phi) is 4.58. The lowest BCUT2D eigenvalue weighted by atomic mass is 10.00. The smallest absolute Gasteiger partial charge is 0.0731 e. The first-order valence-electron chi connectivity index (χ1n) is 5.23. The van der Waals surface area contributed by atoms with E-state index in [-0.39, 0.29) is 6.04 Å². The molecule has 0 amide bonds. The molecule has 0 aliphatic rings. The van der Waals surface area contributed by atoms with Crippen molar-refractivity contribution >= 4 is 11.6 Å². The van der Waals surface area contributed by atoms with Gasteiger partial charge in [-0.05, 0) is 37.0 Å². The van der Waals surface area contributed by atoms with Gasteiger partial charge >= 0.3 is 0 Å². The van der Waals surface area contributed by atoms with Crippen LogP contribution in [0.3, 0.4) is 0 Å². The summed E-state index contributed by atoms with van der Waals surface area (Å²) in [6.45, 7) is 3.93. The summed E-state index contributed by atoms with van der Waals surface area (Å²) < 4.78 is 0. The molecule has 3 N–H and O–H groups in total. The van der Waals surface area contributed by atoms with Crippen LogP contribution >= 0.6 is 11.6 Å². The topological polar surface area (TPSA) is 46.2 Å². The Morgan fingerprint density at radius 1 is 1.47 bits per heavy atom.